The van der Waals surface area contributed by atoms with Gasteiger partial charge in [-0.15, -0.1) is 0 Å². The number of rotatable bonds is 2. The zero-order valence-corrected chi connectivity index (χ0v) is 12.9. The summed E-state index contributed by atoms with van der Waals surface area (Å²) in [6.45, 7) is 10.0. The number of aromatic nitrogens is 1. The maximum absolute atomic E-state index is 5.23. The molecule has 0 atom stereocenters. The molecule has 0 amide bonds. The Morgan fingerprint density at radius 2 is 1.61 bits per heavy atom. The molecule has 2 nitrogen and oxygen atoms in total. The van der Waals surface area contributed by atoms with Crippen LogP contribution in [0, 0.1) is 6.92 Å². The average molecular weight is 251 g/mol. The lowest BCUT2D eigenvalue weighted by atomic mass is 10.0. The maximum Gasteiger partial charge on any atom is 0.216 e. The minimum Gasteiger partial charge on any atom is -0.481 e. The minimum absolute atomic E-state index is 0.671. The molecule has 18 heavy (non-hydrogen) atoms. The van der Waals surface area contributed by atoms with Crippen molar-refractivity contribution in [2.24, 2.45) is 0 Å². The molecule has 0 N–H and O–H groups in total. The lowest BCUT2D eigenvalue weighted by molar-refractivity contribution is 0.391. The van der Waals surface area contributed by atoms with Gasteiger partial charge in [0, 0.05) is 17.2 Å². The summed E-state index contributed by atoms with van der Waals surface area (Å²) in [5.74, 6) is 1.46. The molecule has 1 aliphatic rings. The van der Waals surface area contributed by atoms with E-state index in [9.17, 15) is 0 Å². The summed E-state index contributed by atoms with van der Waals surface area (Å²) in [5.41, 5.74) is 2.33. The van der Waals surface area contributed by atoms with E-state index in [0.29, 0.717) is 5.92 Å². The number of ether oxygens (including phenoxy) is 1. The van der Waals surface area contributed by atoms with Crippen LogP contribution in [0.15, 0.2) is 12.1 Å². The highest BCUT2D eigenvalue weighted by Crippen LogP contribution is 2.34. The molecule has 1 aromatic rings. The van der Waals surface area contributed by atoms with E-state index < -0.39 is 0 Å². The Morgan fingerprint density at radius 3 is 2.11 bits per heavy atom. The number of methoxy groups -OCH3 is 1. The van der Waals surface area contributed by atoms with E-state index in [1.54, 1.807) is 7.11 Å². The Morgan fingerprint density at radius 1 is 1.06 bits per heavy atom. The first-order valence-corrected chi connectivity index (χ1v) is 7.33. The molecule has 1 aliphatic carbocycles. The molecular formula is C16H29NO. The summed E-state index contributed by atoms with van der Waals surface area (Å²) in [6.07, 6.45) is 5.28. The van der Waals surface area contributed by atoms with Crippen molar-refractivity contribution in [2.45, 2.75) is 66.2 Å². The van der Waals surface area contributed by atoms with E-state index in [4.69, 9.17) is 4.74 Å². The van der Waals surface area contributed by atoms with Crippen LogP contribution in [0.1, 0.15) is 70.6 Å². The molecule has 0 saturated heterocycles. The third-order valence-corrected chi connectivity index (χ3v) is 3.04. The molecule has 0 unspecified atom stereocenters. The zero-order valence-electron chi connectivity index (χ0n) is 12.9. The zero-order chi connectivity index (χ0) is 14.0. The summed E-state index contributed by atoms with van der Waals surface area (Å²) >= 11 is 0. The van der Waals surface area contributed by atoms with Crippen molar-refractivity contribution < 1.29 is 4.74 Å². The van der Waals surface area contributed by atoms with Crippen LogP contribution in [-0.2, 0) is 0 Å². The standard InChI is InChI=1S/C12H17NO.2C2H6/c1-9-7-8-11(13-12(9)14-2)10-5-3-4-6-10;2*1-2/h7-8,10H,3-6H2,1-2H3;2*1-2H3. The van der Waals surface area contributed by atoms with Gasteiger partial charge in [0.15, 0.2) is 0 Å². The number of hydrogen-bond acceptors (Lipinski definition) is 2. The fourth-order valence-corrected chi connectivity index (χ4v) is 2.18. The van der Waals surface area contributed by atoms with Gasteiger partial charge in [0.1, 0.15) is 0 Å². The van der Waals surface area contributed by atoms with E-state index >= 15 is 0 Å². The van der Waals surface area contributed by atoms with E-state index in [2.05, 4.69) is 17.1 Å². The molecule has 0 aromatic carbocycles. The molecule has 2 heteroatoms. The molecule has 1 heterocycles. The lowest BCUT2D eigenvalue weighted by Crippen LogP contribution is -1.99. The van der Waals surface area contributed by atoms with Crippen molar-refractivity contribution in [3.8, 4) is 5.88 Å². The van der Waals surface area contributed by atoms with Crippen LogP contribution in [0.3, 0.4) is 0 Å². The van der Waals surface area contributed by atoms with Gasteiger partial charge >= 0.3 is 0 Å². The largest absolute Gasteiger partial charge is 0.481 e. The van der Waals surface area contributed by atoms with Crippen molar-refractivity contribution in [3.63, 3.8) is 0 Å². The van der Waals surface area contributed by atoms with Gasteiger partial charge in [0.05, 0.1) is 7.11 Å². The summed E-state index contributed by atoms with van der Waals surface area (Å²) < 4.78 is 5.23. The molecule has 1 saturated carbocycles. The SMILES string of the molecule is CC.CC.COc1nc(C2CCCC2)ccc1C. The first kappa shape index (κ1) is 16.9. The fourth-order valence-electron chi connectivity index (χ4n) is 2.18. The molecule has 0 bridgehead atoms. The van der Waals surface area contributed by atoms with Gasteiger partial charge < -0.3 is 4.74 Å². The van der Waals surface area contributed by atoms with Gasteiger partial charge in [0.2, 0.25) is 5.88 Å². The fraction of sp³-hybridized carbons (Fsp3) is 0.688. The predicted molar refractivity (Wildman–Crippen MR) is 79.4 cm³/mol. The van der Waals surface area contributed by atoms with Gasteiger partial charge in [-0.1, -0.05) is 46.6 Å². The minimum atomic E-state index is 0.671. The Kier molecular flexibility index (Phi) is 9.35. The molecular weight excluding hydrogens is 222 g/mol. The Hall–Kier alpha value is -1.05. The average Bonchev–Trinajstić information content (AvgIpc) is 2.98. The highest BCUT2D eigenvalue weighted by atomic mass is 16.5. The monoisotopic (exact) mass is 251 g/mol. The number of hydrogen-bond donors (Lipinski definition) is 0. The van der Waals surface area contributed by atoms with Crippen molar-refractivity contribution in [2.75, 3.05) is 7.11 Å². The van der Waals surface area contributed by atoms with Crippen LogP contribution in [0.25, 0.3) is 0 Å². The smallest absolute Gasteiger partial charge is 0.216 e. The third kappa shape index (κ3) is 4.67. The van der Waals surface area contributed by atoms with Crippen molar-refractivity contribution in [1.29, 1.82) is 0 Å². The van der Waals surface area contributed by atoms with Crippen molar-refractivity contribution >= 4 is 0 Å². The van der Waals surface area contributed by atoms with Crippen LogP contribution < -0.4 is 4.74 Å². The number of nitrogens with zero attached hydrogens (tertiary/aromatic N) is 1. The second kappa shape index (κ2) is 9.93. The van der Waals surface area contributed by atoms with Gasteiger partial charge in [-0.25, -0.2) is 4.98 Å². The summed E-state index contributed by atoms with van der Waals surface area (Å²) in [7, 11) is 1.69. The molecule has 104 valence electrons. The van der Waals surface area contributed by atoms with Crippen LogP contribution in [0.4, 0.5) is 0 Å². The predicted octanol–water partition coefficient (Wildman–Crippen LogP) is 5.11. The highest BCUT2D eigenvalue weighted by molar-refractivity contribution is 5.28. The lowest BCUT2D eigenvalue weighted by Gasteiger charge is -2.11. The molecule has 0 aliphatic heterocycles. The maximum atomic E-state index is 5.23. The summed E-state index contributed by atoms with van der Waals surface area (Å²) in [5, 5.41) is 0. The van der Waals surface area contributed by atoms with Crippen LogP contribution >= 0.6 is 0 Å². The summed E-state index contributed by atoms with van der Waals surface area (Å²) in [6, 6.07) is 4.26. The summed E-state index contributed by atoms with van der Waals surface area (Å²) in [4.78, 5) is 4.55. The Labute approximate surface area is 113 Å². The van der Waals surface area contributed by atoms with Crippen molar-refractivity contribution in [3.05, 3.63) is 23.4 Å². The molecule has 1 aromatic heterocycles. The van der Waals surface area contributed by atoms with E-state index in [1.807, 2.05) is 34.6 Å². The van der Waals surface area contributed by atoms with Crippen LogP contribution in [-0.4, -0.2) is 12.1 Å². The molecule has 1 fully saturated rings. The van der Waals surface area contributed by atoms with E-state index in [1.165, 1.54) is 31.4 Å². The van der Waals surface area contributed by atoms with Gasteiger partial charge in [0.25, 0.3) is 0 Å². The first-order chi connectivity index (χ1) is 8.81. The second-order valence-electron chi connectivity index (χ2n) is 4.04. The highest BCUT2D eigenvalue weighted by Gasteiger charge is 2.18. The second-order valence-corrected chi connectivity index (χ2v) is 4.04. The molecule has 0 radical (unpaired) electrons. The van der Waals surface area contributed by atoms with Gasteiger partial charge in [-0.05, 0) is 25.8 Å². The first-order valence-electron chi connectivity index (χ1n) is 7.33. The van der Waals surface area contributed by atoms with Crippen LogP contribution in [0.2, 0.25) is 0 Å². The Balaban J connectivity index is 0.000000659. The quantitative estimate of drug-likeness (QED) is 0.728. The normalized spacial score (nSPS) is 14.1. The van der Waals surface area contributed by atoms with Gasteiger partial charge in [-0.3, -0.25) is 0 Å². The Bertz CT molecular complexity index is 317. The van der Waals surface area contributed by atoms with Crippen LogP contribution in [0.5, 0.6) is 5.88 Å². The van der Waals surface area contributed by atoms with Gasteiger partial charge in [-0.2, -0.15) is 0 Å². The van der Waals surface area contributed by atoms with E-state index in [0.717, 1.165) is 11.4 Å². The number of pyridine rings is 1. The number of aryl methyl sites for hydroxylation is 1. The van der Waals surface area contributed by atoms with E-state index in [-0.39, 0.29) is 0 Å². The topological polar surface area (TPSA) is 22.1 Å². The van der Waals surface area contributed by atoms with Crippen molar-refractivity contribution in [1.82, 2.24) is 4.98 Å². The molecule has 0 spiro atoms. The third-order valence-electron chi connectivity index (χ3n) is 3.04. The molecule has 2 rings (SSSR count).